The number of fused-ring (bicyclic) bond motifs is 1. The van der Waals surface area contributed by atoms with Gasteiger partial charge in [-0.1, -0.05) is 6.07 Å². The topological polar surface area (TPSA) is 21.7 Å². The van der Waals surface area contributed by atoms with Crippen LogP contribution in [0.2, 0.25) is 0 Å². The Labute approximate surface area is 129 Å². The molecule has 0 N–H and O–H groups in total. The fourth-order valence-corrected chi connectivity index (χ4v) is 3.71. The summed E-state index contributed by atoms with van der Waals surface area (Å²) in [6.07, 6.45) is 1.88. The van der Waals surface area contributed by atoms with Crippen molar-refractivity contribution in [1.29, 1.82) is 0 Å². The third-order valence-corrected chi connectivity index (χ3v) is 5.13. The maximum Gasteiger partial charge on any atom is 0.213 e. The Kier molecular flexibility index (Phi) is 3.25. The first kappa shape index (κ1) is 13.3. The van der Waals surface area contributed by atoms with Crippen molar-refractivity contribution >= 4 is 11.3 Å². The van der Waals surface area contributed by atoms with E-state index in [2.05, 4.69) is 47.0 Å². The van der Waals surface area contributed by atoms with Gasteiger partial charge in [0.15, 0.2) is 0 Å². The lowest BCUT2D eigenvalue weighted by Gasteiger charge is -2.43. The molecule has 1 fully saturated rings. The standard InChI is InChI=1S/C17H19NO2S/c1-18-7-5-17(6-8-18)19-11-15-10-13(2-3-16(15)20-17)14-4-9-21-12-14/h2-4,9-10,12H,5-8,11H2,1H3. The van der Waals surface area contributed by atoms with Gasteiger partial charge in [0.2, 0.25) is 5.79 Å². The summed E-state index contributed by atoms with van der Waals surface area (Å²) < 4.78 is 12.3. The van der Waals surface area contributed by atoms with E-state index in [4.69, 9.17) is 9.47 Å². The Hall–Kier alpha value is -1.36. The molecule has 0 amide bonds. The molecule has 0 unspecified atom stereocenters. The van der Waals surface area contributed by atoms with Gasteiger partial charge < -0.3 is 14.4 Å². The van der Waals surface area contributed by atoms with Gasteiger partial charge in [-0.3, -0.25) is 0 Å². The first-order chi connectivity index (χ1) is 10.2. The van der Waals surface area contributed by atoms with Crippen LogP contribution in [0.25, 0.3) is 11.1 Å². The van der Waals surface area contributed by atoms with Crippen LogP contribution in [0.5, 0.6) is 5.75 Å². The number of nitrogens with zero attached hydrogens (tertiary/aromatic N) is 1. The monoisotopic (exact) mass is 301 g/mol. The molecule has 2 aliphatic rings. The highest BCUT2D eigenvalue weighted by atomic mass is 32.1. The smallest absolute Gasteiger partial charge is 0.213 e. The van der Waals surface area contributed by atoms with Crippen molar-refractivity contribution in [3.05, 3.63) is 40.6 Å². The van der Waals surface area contributed by atoms with E-state index in [0.29, 0.717) is 6.61 Å². The maximum atomic E-state index is 6.23. The Bertz CT molecular complexity index is 630. The van der Waals surface area contributed by atoms with Gasteiger partial charge in [-0.2, -0.15) is 11.3 Å². The van der Waals surface area contributed by atoms with E-state index in [0.717, 1.165) is 37.2 Å². The molecule has 1 spiro atoms. The second kappa shape index (κ2) is 5.13. The SMILES string of the molecule is CN1CCC2(CC1)OCc1cc(-c3ccsc3)ccc1O2. The maximum absolute atomic E-state index is 6.23. The zero-order valence-corrected chi connectivity index (χ0v) is 13.0. The highest BCUT2D eigenvalue weighted by Crippen LogP contribution is 2.39. The predicted octanol–water partition coefficient (Wildman–Crippen LogP) is 3.75. The molecule has 0 aliphatic carbocycles. The summed E-state index contributed by atoms with van der Waals surface area (Å²) in [4.78, 5) is 2.33. The largest absolute Gasteiger partial charge is 0.462 e. The van der Waals surface area contributed by atoms with Gasteiger partial charge in [0.25, 0.3) is 0 Å². The minimum absolute atomic E-state index is 0.399. The molecular formula is C17H19NO2S. The number of hydrogen-bond donors (Lipinski definition) is 0. The minimum Gasteiger partial charge on any atom is -0.462 e. The van der Waals surface area contributed by atoms with Crippen LogP contribution in [0.4, 0.5) is 0 Å². The fourth-order valence-electron chi connectivity index (χ4n) is 3.04. The van der Waals surface area contributed by atoms with Crippen molar-refractivity contribution in [2.45, 2.75) is 25.2 Å². The normalized spacial score (nSPS) is 21.0. The summed E-state index contributed by atoms with van der Waals surface area (Å²) in [5.74, 6) is 0.591. The van der Waals surface area contributed by atoms with Crippen molar-refractivity contribution in [1.82, 2.24) is 4.90 Å². The van der Waals surface area contributed by atoms with Gasteiger partial charge in [0.1, 0.15) is 5.75 Å². The van der Waals surface area contributed by atoms with E-state index in [9.17, 15) is 0 Å². The van der Waals surface area contributed by atoms with Crippen molar-refractivity contribution < 1.29 is 9.47 Å². The molecule has 0 bridgehead atoms. The molecule has 2 aliphatic heterocycles. The molecule has 1 aromatic carbocycles. The van der Waals surface area contributed by atoms with Crippen LogP contribution in [0.3, 0.4) is 0 Å². The van der Waals surface area contributed by atoms with Gasteiger partial charge in [0, 0.05) is 31.5 Å². The summed E-state index contributed by atoms with van der Waals surface area (Å²) in [5, 5.41) is 4.28. The van der Waals surface area contributed by atoms with Crippen LogP contribution < -0.4 is 4.74 Å². The molecule has 0 saturated carbocycles. The van der Waals surface area contributed by atoms with E-state index in [1.807, 2.05) is 0 Å². The van der Waals surface area contributed by atoms with Crippen LogP contribution >= 0.6 is 11.3 Å². The molecule has 3 heterocycles. The van der Waals surface area contributed by atoms with Crippen LogP contribution in [0.15, 0.2) is 35.0 Å². The lowest BCUT2D eigenvalue weighted by atomic mass is 10.0. The number of rotatable bonds is 1. The number of benzene rings is 1. The van der Waals surface area contributed by atoms with E-state index < -0.39 is 5.79 Å². The molecule has 21 heavy (non-hydrogen) atoms. The Balaban J connectivity index is 1.59. The Morgan fingerprint density at radius 2 is 2.00 bits per heavy atom. The van der Waals surface area contributed by atoms with Crippen molar-refractivity contribution in [3.8, 4) is 16.9 Å². The molecule has 0 atom stereocenters. The number of ether oxygens (including phenoxy) is 2. The predicted molar refractivity (Wildman–Crippen MR) is 84.6 cm³/mol. The molecule has 110 valence electrons. The van der Waals surface area contributed by atoms with Gasteiger partial charge >= 0.3 is 0 Å². The number of thiophene rings is 1. The zero-order chi connectivity index (χ0) is 14.3. The Morgan fingerprint density at radius 1 is 1.14 bits per heavy atom. The van der Waals surface area contributed by atoms with Crippen LogP contribution in [-0.4, -0.2) is 30.8 Å². The van der Waals surface area contributed by atoms with Crippen LogP contribution in [0.1, 0.15) is 18.4 Å². The second-order valence-corrected chi connectivity index (χ2v) is 6.72. The zero-order valence-electron chi connectivity index (χ0n) is 12.2. The van der Waals surface area contributed by atoms with Gasteiger partial charge in [0.05, 0.1) is 6.61 Å². The van der Waals surface area contributed by atoms with Crippen molar-refractivity contribution in [2.75, 3.05) is 20.1 Å². The lowest BCUT2D eigenvalue weighted by molar-refractivity contribution is -0.226. The summed E-state index contributed by atoms with van der Waals surface area (Å²) in [5.41, 5.74) is 3.66. The first-order valence-electron chi connectivity index (χ1n) is 7.41. The van der Waals surface area contributed by atoms with Crippen LogP contribution in [-0.2, 0) is 11.3 Å². The summed E-state index contributed by atoms with van der Waals surface area (Å²) in [7, 11) is 2.15. The highest BCUT2D eigenvalue weighted by molar-refractivity contribution is 7.08. The number of piperidine rings is 1. The summed E-state index contributed by atoms with van der Waals surface area (Å²) in [6, 6.07) is 8.59. The number of hydrogen-bond acceptors (Lipinski definition) is 4. The average Bonchev–Trinajstić information content (AvgIpc) is 3.04. The highest BCUT2D eigenvalue weighted by Gasteiger charge is 2.40. The van der Waals surface area contributed by atoms with Crippen molar-refractivity contribution in [3.63, 3.8) is 0 Å². The quantitative estimate of drug-likeness (QED) is 0.801. The van der Waals surface area contributed by atoms with E-state index >= 15 is 0 Å². The lowest BCUT2D eigenvalue weighted by Crippen LogP contribution is -2.50. The van der Waals surface area contributed by atoms with Crippen molar-refractivity contribution in [2.24, 2.45) is 0 Å². The number of likely N-dealkylation sites (tertiary alicyclic amines) is 1. The average molecular weight is 301 g/mol. The van der Waals surface area contributed by atoms with Gasteiger partial charge in [-0.15, -0.1) is 0 Å². The summed E-state index contributed by atoms with van der Waals surface area (Å²) in [6.45, 7) is 2.71. The molecule has 1 saturated heterocycles. The Morgan fingerprint density at radius 3 is 2.76 bits per heavy atom. The minimum atomic E-state index is -0.399. The second-order valence-electron chi connectivity index (χ2n) is 5.94. The van der Waals surface area contributed by atoms with Crippen LogP contribution in [0, 0.1) is 0 Å². The molecule has 0 radical (unpaired) electrons. The molecule has 1 aromatic heterocycles. The molecule has 3 nitrogen and oxygen atoms in total. The molecule has 2 aromatic rings. The van der Waals surface area contributed by atoms with E-state index in [-0.39, 0.29) is 0 Å². The molecular weight excluding hydrogens is 282 g/mol. The van der Waals surface area contributed by atoms with Gasteiger partial charge in [-0.25, -0.2) is 0 Å². The first-order valence-corrected chi connectivity index (χ1v) is 8.35. The fraction of sp³-hybridized carbons (Fsp3) is 0.412. The molecule has 4 rings (SSSR count). The third-order valence-electron chi connectivity index (χ3n) is 4.45. The third kappa shape index (κ3) is 2.48. The molecule has 4 heteroatoms. The van der Waals surface area contributed by atoms with E-state index in [1.54, 1.807) is 11.3 Å². The van der Waals surface area contributed by atoms with E-state index in [1.165, 1.54) is 11.1 Å². The van der Waals surface area contributed by atoms with Gasteiger partial charge in [-0.05, 0) is 47.1 Å². The summed E-state index contributed by atoms with van der Waals surface area (Å²) >= 11 is 1.72.